The Hall–Kier alpha value is -2.16. The van der Waals surface area contributed by atoms with E-state index in [0.717, 1.165) is 5.56 Å². The summed E-state index contributed by atoms with van der Waals surface area (Å²) in [5.74, 6) is 0.704. The highest BCUT2D eigenvalue weighted by Crippen LogP contribution is 2.26. The van der Waals surface area contributed by atoms with Gasteiger partial charge in [0.05, 0.1) is 4.47 Å². The number of amidine groups is 2. The van der Waals surface area contributed by atoms with Crippen LogP contribution in [0.3, 0.4) is 0 Å². The van der Waals surface area contributed by atoms with Crippen LogP contribution in [-0.2, 0) is 6.61 Å². The molecule has 0 heterocycles. The molecule has 25 heavy (non-hydrogen) atoms. The monoisotopic (exact) mass is 450 g/mol. The van der Waals surface area contributed by atoms with Crippen molar-refractivity contribution in [3.8, 4) is 5.75 Å². The maximum Gasteiger partial charge on any atom is 0.170 e. The molecule has 0 saturated carbocycles. The van der Waals surface area contributed by atoms with Crippen molar-refractivity contribution in [2.75, 3.05) is 0 Å². The van der Waals surface area contributed by atoms with Crippen LogP contribution in [0.1, 0.15) is 16.7 Å². The van der Waals surface area contributed by atoms with Crippen LogP contribution in [0.5, 0.6) is 5.75 Å². The van der Waals surface area contributed by atoms with E-state index >= 15 is 0 Å². The topological polar surface area (TPSA) is 126 Å². The summed E-state index contributed by atoms with van der Waals surface area (Å²) in [6.07, 6.45) is 0. The van der Waals surface area contributed by atoms with Crippen molar-refractivity contribution in [1.29, 1.82) is 0 Å². The molecule has 7 nitrogen and oxygen atoms in total. The van der Waals surface area contributed by atoms with Crippen molar-refractivity contribution in [2.24, 2.45) is 21.8 Å². The molecule has 0 amide bonds. The quantitative estimate of drug-likeness (QED) is 0.240. The molecule has 0 aromatic heterocycles. The van der Waals surface area contributed by atoms with Gasteiger partial charge in [0.15, 0.2) is 11.7 Å². The lowest BCUT2D eigenvalue weighted by molar-refractivity contribution is 0.304. The maximum atomic E-state index is 8.66. The third-order valence-electron chi connectivity index (χ3n) is 3.09. The van der Waals surface area contributed by atoms with Crippen molar-refractivity contribution >= 4 is 52.4 Å². The number of hydrogen-bond acceptors (Lipinski definition) is 5. The highest BCUT2D eigenvalue weighted by Gasteiger charge is 2.06. The molecule has 0 atom stereocenters. The molecular weight excluding hydrogens is 435 g/mol. The molecule has 0 aliphatic heterocycles. The summed E-state index contributed by atoms with van der Waals surface area (Å²) in [6.45, 7) is 0.345. The van der Waals surface area contributed by atoms with Crippen LogP contribution in [0.4, 0.5) is 0 Å². The van der Waals surface area contributed by atoms with Gasteiger partial charge in [0.25, 0.3) is 0 Å². The normalized spacial score (nSPS) is 11.2. The number of hydrogen-bond donors (Lipinski definition) is 4. The maximum absolute atomic E-state index is 8.66. The van der Waals surface area contributed by atoms with Gasteiger partial charge in [-0.2, -0.15) is 0 Å². The zero-order valence-corrected chi connectivity index (χ0v) is 16.0. The lowest BCUT2D eigenvalue weighted by Gasteiger charge is -2.10. The molecule has 0 bridgehead atoms. The molecule has 136 valence electrons. The summed E-state index contributed by atoms with van der Waals surface area (Å²) in [5.41, 5.74) is 13.2. The summed E-state index contributed by atoms with van der Waals surface area (Å²) < 4.78 is 6.41. The van der Waals surface area contributed by atoms with Gasteiger partial charge in [-0.1, -0.05) is 34.6 Å². The Morgan fingerprint density at radius 3 is 1.96 bits per heavy atom. The van der Waals surface area contributed by atoms with E-state index < -0.39 is 0 Å². The molecule has 6 N–H and O–H groups in total. The first-order chi connectivity index (χ1) is 11.0. The number of benzene rings is 2. The molecule has 0 aliphatic carbocycles. The van der Waals surface area contributed by atoms with E-state index in [0.29, 0.717) is 28.0 Å². The zero-order chi connectivity index (χ0) is 16.8. The number of oxime groups is 2. The summed E-state index contributed by atoms with van der Waals surface area (Å²) in [7, 11) is 0. The number of ether oxygens (including phenoxy) is 1. The van der Waals surface area contributed by atoms with Gasteiger partial charge in [-0.05, 0) is 39.7 Å². The molecular formula is C15H17BrCl2N4O3. The number of nitrogens with zero attached hydrogens (tertiary/aromatic N) is 2. The molecule has 10 heteroatoms. The third-order valence-corrected chi connectivity index (χ3v) is 3.71. The van der Waals surface area contributed by atoms with E-state index in [9.17, 15) is 0 Å². The highest BCUT2D eigenvalue weighted by atomic mass is 79.9. The summed E-state index contributed by atoms with van der Waals surface area (Å²) >= 11 is 3.38. The van der Waals surface area contributed by atoms with Gasteiger partial charge in [0, 0.05) is 11.1 Å². The Balaban J connectivity index is 0.00000288. The highest BCUT2D eigenvalue weighted by molar-refractivity contribution is 9.10. The second-order valence-electron chi connectivity index (χ2n) is 4.60. The van der Waals surface area contributed by atoms with Crippen molar-refractivity contribution in [3.05, 3.63) is 63.6 Å². The lowest BCUT2D eigenvalue weighted by atomic mass is 10.1. The zero-order valence-electron chi connectivity index (χ0n) is 12.8. The Morgan fingerprint density at radius 2 is 1.44 bits per heavy atom. The molecule has 0 aliphatic rings. The Morgan fingerprint density at radius 1 is 0.920 bits per heavy atom. The van der Waals surface area contributed by atoms with Gasteiger partial charge < -0.3 is 26.6 Å². The average Bonchev–Trinajstić information content (AvgIpc) is 2.59. The van der Waals surface area contributed by atoms with E-state index in [1.54, 1.807) is 30.3 Å². The fourth-order valence-corrected chi connectivity index (χ4v) is 2.32. The minimum Gasteiger partial charge on any atom is -0.488 e. The Kier molecular flexibility index (Phi) is 9.73. The fourth-order valence-electron chi connectivity index (χ4n) is 1.83. The summed E-state index contributed by atoms with van der Waals surface area (Å²) in [4.78, 5) is 0. The second-order valence-corrected chi connectivity index (χ2v) is 5.46. The van der Waals surface area contributed by atoms with Crippen LogP contribution >= 0.6 is 40.7 Å². The van der Waals surface area contributed by atoms with Gasteiger partial charge in [-0.3, -0.25) is 0 Å². The smallest absolute Gasteiger partial charge is 0.170 e. The van der Waals surface area contributed by atoms with Crippen LogP contribution in [0.2, 0.25) is 0 Å². The Bertz CT molecular complexity index is 755. The molecule has 0 radical (unpaired) electrons. The van der Waals surface area contributed by atoms with E-state index in [1.165, 1.54) is 0 Å². The molecule has 0 saturated heterocycles. The molecule has 0 fully saturated rings. The van der Waals surface area contributed by atoms with Crippen molar-refractivity contribution < 1.29 is 15.2 Å². The average molecular weight is 452 g/mol. The van der Waals surface area contributed by atoms with Crippen molar-refractivity contribution in [1.82, 2.24) is 0 Å². The van der Waals surface area contributed by atoms with Gasteiger partial charge in [-0.15, -0.1) is 24.8 Å². The first-order valence-electron chi connectivity index (χ1n) is 6.52. The SMILES string of the molecule is Cl.Cl.N/C(=N\O)c1ccc(COc2ccc(/C(N)=N/O)cc2Br)cc1. The first kappa shape index (κ1) is 22.8. The van der Waals surface area contributed by atoms with Crippen LogP contribution < -0.4 is 16.2 Å². The van der Waals surface area contributed by atoms with Gasteiger partial charge >= 0.3 is 0 Å². The first-order valence-corrected chi connectivity index (χ1v) is 7.31. The van der Waals surface area contributed by atoms with E-state index in [-0.39, 0.29) is 36.5 Å². The fraction of sp³-hybridized carbons (Fsp3) is 0.0667. The lowest BCUT2D eigenvalue weighted by Crippen LogP contribution is -2.13. The van der Waals surface area contributed by atoms with Crippen LogP contribution in [0, 0.1) is 0 Å². The molecule has 2 rings (SSSR count). The van der Waals surface area contributed by atoms with Crippen molar-refractivity contribution in [3.63, 3.8) is 0 Å². The standard InChI is InChI=1S/C15H15BrN4O3.2ClH/c16-12-7-11(15(18)20-22)5-6-13(12)23-8-9-1-3-10(4-2-9)14(17)19-21;;/h1-7,21-22H,8H2,(H2,17,19)(H2,18,20);2*1H. The number of halogens is 3. The van der Waals surface area contributed by atoms with Crippen LogP contribution in [0.15, 0.2) is 57.2 Å². The van der Waals surface area contributed by atoms with E-state index in [4.69, 9.17) is 26.6 Å². The second kappa shape index (κ2) is 10.7. The predicted octanol–water partition coefficient (Wildman–Crippen LogP) is 3.06. The molecule has 2 aromatic carbocycles. The largest absolute Gasteiger partial charge is 0.488 e. The van der Waals surface area contributed by atoms with Crippen molar-refractivity contribution in [2.45, 2.75) is 6.61 Å². The predicted molar refractivity (Wildman–Crippen MR) is 104 cm³/mol. The number of rotatable bonds is 5. The summed E-state index contributed by atoms with van der Waals surface area (Å²) in [5, 5.41) is 23.2. The van der Waals surface area contributed by atoms with Gasteiger partial charge in [0.2, 0.25) is 0 Å². The van der Waals surface area contributed by atoms with E-state index in [1.807, 2.05) is 12.1 Å². The van der Waals surface area contributed by atoms with Gasteiger partial charge in [-0.25, -0.2) is 0 Å². The minimum atomic E-state index is 0. The van der Waals surface area contributed by atoms with Crippen LogP contribution in [-0.4, -0.2) is 22.1 Å². The third kappa shape index (κ3) is 6.00. The molecule has 0 spiro atoms. The van der Waals surface area contributed by atoms with Crippen LogP contribution in [0.25, 0.3) is 0 Å². The van der Waals surface area contributed by atoms with E-state index in [2.05, 4.69) is 26.2 Å². The van der Waals surface area contributed by atoms with Gasteiger partial charge in [0.1, 0.15) is 12.4 Å². The number of nitrogens with two attached hydrogens (primary N) is 2. The Labute approximate surface area is 165 Å². The molecule has 0 unspecified atom stereocenters. The molecule has 2 aromatic rings. The minimum absolute atomic E-state index is 0. The summed E-state index contributed by atoms with van der Waals surface area (Å²) in [6, 6.07) is 12.2.